The zero-order valence-corrected chi connectivity index (χ0v) is 22.1. The first kappa shape index (κ1) is 28.6. The number of nitrogens with zero attached hydrogens (tertiary/aromatic N) is 1. The molecule has 1 aliphatic heterocycles. The molecule has 35 heavy (non-hydrogen) atoms. The van der Waals surface area contributed by atoms with E-state index in [1.165, 1.54) is 17.0 Å². The number of rotatable bonds is 7. The Balaban J connectivity index is 0.00000432. The molecule has 1 aromatic carbocycles. The Bertz CT molecular complexity index is 1060. The van der Waals surface area contributed by atoms with Gasteiger partial charge in [0.25, 0.3) is 15.9 Å². The number of amides is 5. The highest BCUT2D eigenvalue weighted by Crippen LogP contribution is 2.23. The summed E-state index contributed by atoms with van der Waals surface area (Å²) >= 11 is 0. The summed E-state index contributed by atoms with van der Waals surface area (Å²) in [4.78, 5) is 38.0. The summed E-state index contributed by atoms with van der Waals surface area (Å²) in [5.74, 6) is 0.385. The molecule has 194 valence electrons. The standard InChI is InChI=1S/C24H34N4O5S.ClH/c1-4-21-17(3)15-28(22(21)29)24(31)25-14-13-18-7-11-20(12-8-18)34(32,33)27-23(30)26-19-9-5-16(2)6-10-19;/h7-8,11-12,16,19H,4-6,9-10,13-15H2,1-3H3,(H,25,31)(H2,26,27,30);1H. The second-order valence-electron chi connectivity index (χ2n) is 9.17. The van der Waals surface area contributed by atoms with Crippen LogP contribution in [0, 0.1) is 5.92 Å². The molecule has 0 unspecified atom stereocenters. The van der Waals surface area contributed by atoms with Gasteiger partial charge in [0.1, 0.15) is 0 Å². The van der Waals surface area contributed by atoms with Crippen molar-refractivity contribution in [2.24, 2.45) is 5.92 Å². The predicted molar refractivity (Wildman–Crippen MR) is 136 cm³/mol. The van der Waals surface area contributed by atoms with Crippen LogP contribution in [0.1, 0.15) is 58.4 Å². The number of imide groups is 1. The van der Waals surface area contributed by atoms with Crippen LogP contribution in [-0.4, -0.2) is 50.4 Å². The van der Waals surface area contributed by atoms with Gasteiger partial charge in [-0.3, -0.25) is 9.69 Å². The molecule has 3 N–H and O–H groups in total. The Morgan fingerprint density at radius 2 is 1.71 bits per heavy atom. The molecule has 11 heteroatoms. The van der Waals surface area contributed by atoms with Gasteiger partial charge in [-0.2, -0.15) is 0 Å². The minimum absolute atomic E-state index is 0. The third-order valence-electron chi connectivity index (χ3n) is 6.51. The third-order valence-corrected chi connectivity index (χ3v) is 7.86. The Kier molecular flexibility index (Phi) is 10.1. The molecule has 1 aromatic rings. The monoisotopic (exact) mass is 526 g/mol. The number of hydrogen-bond donors (Lipinski definition) is 3. The molecule has 1 fully saturated rings. The number of nitrogens with one attached hydrogen (secondary N) is 3. The lowest BCUT2D eigenvalue weighted by Crippen LogP contribution is -2.45. The fourth-order valence-corrected chi connectivity index (χ4v) is 5.33. The van der Waals surface area contributed by atoms with Crippen LogP contribution < -0.4 is 15.4 Å². The van der Waals surface area contributed by atoms with E-state index >= 15 is 0 Å². The predicted octanol–water partition coefficient (Wildman–Crippen LogP) is 3.50. The van der Waals surface area contributed by atoms with Crippen molar-refractivity contribution in [1.82, 2.24) is 20.3 Å². The molecule has 0 bridgehead atoms. The van der Waals surface area contributed by atoms with E-state index in [9.17, 15) is 22.8 Å². The Morgan fingerprint density at radius 1 is 1.09 bits per heavy atom. The van der Waals surface area contributed by atoms with Gasteiger partial charge in [-0.15, -0.1) is 12.4 Å². The maximum Gasteiger partial charge on any atom is 0.328 e. The number of benzene rings is 1. The molecule has 1 saturated carbocycles. The topological polar surface area (TPSA) is 125 Å². The van der Waals surface area contributed by atoms with Crippen molar-refractivity contribution in [3.8, 4) is 0 Å². The fraction of sp³-hybridized carbons (Fsp3) is 0.542. The minimum atomic E-state index is -3.98. The van der Waals surface area contributed by atoms with E-state index in [0.717, 1.165) is 36.8 Å². The van der Waals surface area contributed by atoms with Gasteiger partial charge in [-0.25, -0.2) is 22.7 Å². The number of urea groups is 2. The molecule has 1 aliphatic carbocycles. The van der Waals surface area contributed by atoms with Gasteiger partial charge in [-0.1, -0.05) is 26.0 Å². The van der Waals surface area contributed by atoms with Crippen molar-refractivity contribution in [2.75, 3.05) is 13.1 Å². The first-order valence-electron chi connectivity index (χ1n) is 11.8. The quantitative estimate of drug-likeness (QED) is 0.501. The number of carbonyl (C=O) groups is 3. The molecule has 0 radical (unpaired) electrons. The highest BCUT2D eigenvalue weighted by molar-refractivity contribution is 7.90. The van der Waals surface area contributed by atoms with E-state index in [4.69, 9.17) is 0 Å². The lowest BCUT2D eigenvalue weighted by atomic mass is 9.87. The summed E-state index contributed by atoms with van der Waals surface area (Å²) in [6.45, 7) is 6.53. The van der Waals surface area contributed by atoms with E-state index in [2.05, 4.69) is 22.3 Å². The molecular formula is C24H35ClN4O5S. The maximum absolute atomic E-state index is 12.5. The van der Waals surface area contributed by atoms with E-state index in [0.29, 0.717) is 37.4 Å². The van der Waals surface area contributed by atoms with Gasteiger partial charge in [-0.05, 0) is 74.6 Å². The first-order chi connectivity index (χ1) is 16.1. The van der Waals surface area contributed by atoms with Crippen molar-refractivity contribution < 1.29 is 22.8 Å². The van der Waals surface area contributed by atoms with Gasteiger partial charge in [0.15, 0.2) is 0 Å². The summed E-state index contributed by atoms with van der Waals surface area (Å²) in [5, 5.41) is 5.49. The molecule has 5 amide bonds. The fourth-order valence-electron chi connectivity index (χ4n) is 4.41. The summed E-state index contributed by atoms with van der Waals surface area (Å²) < 4.78 is 27.2. The summed E-state index contributed by atoms with van der Waals surface area (Å²) in [6.07, 6.45) is 4.80. The van der Waals surface area contributed by atoms with Crippen LogP contribution in [0.4, 0.5) is 9.59 Å². The molecule has 1 heterocycles. The highest BCUT2D eigenvalue weighted by atomic mass is 35.5. The lowest BCUT2D eigenvalue weighted by molar-refractivity contribution is -0.123. The number of hydrogen-bond acceptors (Lipinski definition) is 5. The van der Waals surface area contributed by atoms with Gasteiger partial charge < -0.3 is 10.6 Å². The van der Waals surface area contributed by atoms with E-state index in [-0.39, 0.29) is 29.3 Å². The average Bonchev–Trinajstić information content (AvgIpc) is 3.08. The van der Waals surface area contributed by atoms with E-state index < -0.39 is 22.1 Å². The van der Waals surface area contributed by atoms with Crippen LogP contribution in [-0.2, 0) is 21.2 Å². The molecule has 0 saturated heterocycles. The van der Waals surface area contributed by atoms with Crippen LogP contribution in [0.5, 0.6) is 0 Å². The van der Waals surface area contributed by atoms with Crippen molar-refractivity contribution in [2.45, 2.75) is 70.2 Å². The van der Waals surface area contributed by atoms with Crippen molar-refractivity contribution in [3.05, 3.63) is 41.0 Å². The third kappa shape index (κ3) is 7.44. The lowest BCUT2D eigenvalue weighted by Gasteiger charge is -2.26. The summed E-state index contributed by atoms with van der Waals surface area (Å²) in [7, 11) is -3.98. The van der Waals surface area contributed by atoms with Crippen molar-refractivity contribution in [3.63, 3.8) is 0 Å². The normalized spacial score (nSPS) is 20.3. The molecule has 0 spiro atoms. The summed E-state index contributed by atoms with van der Waals surface area (Å²) in [5.41, 5.74) is 2.41. The zero-order valence-electron chi connectivity index (χ0n) is 20.4. The molecule has 0 aromatic heterocycles. The first-order valence-corrected chi connectivity index (χ1v) is 13.3. The largest absolute Gasteiger partial charge is 0.337 e. The molecule has 3 rings (SSSR count). The van der Waals surface area contributed by atoms with Gasteiger partial charge in [0.2, 0.25) is 0 Å². The van der Waals surface area contributed by atoms with Crippen LogP contribution in [0.3, 0.4) is 0 Å². The second kappa shape index (κ2) is 12.4. The SMILES string of the molecule is CCC1=C(C)CN(C(=O)NCCc2ccc(S(=O)(=O)NC(=O)NC3CCC(C)CC3)cc2)C1=O.Cl. The van der Waals surface area contributed by atoms with Crippen molar-refractivity contribution >= 4 is 40.4 Å². The second-order valence-corrected chi connectivity index (χ2v) is 10.8. The Labute approximate surface area is 213 Å². The van der Waals surface area contributed by atoms with Gasteiger partial charge in [0, 0.05) is 18.2 Å². The van der Waals surface area contributed by atoms with Gasteiger partial charge >= 0.3 is 12.1 Å². The van der Waals surface area contributed by atoms with Gasteiger partial charge in [0.05, 0.1) is 11.4 Å². The average molecular weight is 527 g/mol. The molecule has 0 atom stereocenters. The van der Waals surface area contributed by atoms with Crippen LogP contribution in [0.2, 0.25) is 0 Å². The molecule has 2 aliphatic rings. The number of sulfonamides is 1. The van der Waals surface area contributed by atoms with Crippen LogP contribution >= 0.6 is 12.4 Å². The number of halogens is 1. The Morgan fingerprint density at radius 3 is 2.29 bits per heavy atom. The summed E-state index contributed by atoms with van der Waals surface area (Å²) in [6, 6.07) is 4.99. The highest BCUT2D eigenvalue weighted by Gasteiger charge is 2.31. The van der Waals surface area contributed by atoms with E-state index in [1.807, 2.05) is 13.8 Å². The molecule has 9 nitrogen and oxygen atoms in total. The smallest absolute Gasteiger partial charge is 0.328 e. The van der Waals surface area contributed by atoms with E-state index in [1.54, 1.807) is 12.1 Å². The van der Waals surface area contributed by atoms with Crippen molar-refractivity contribution in [1.29, 1.82) is 0 Å². The van der Waals surface area contributed by atoms with Crippen LogP contribution in [0.15, 0.2) is 40.3 Å². The number of carbonyl (C=O) groups excluding carboxylic acids is 3. The Hall–Kier alpha value is -2.59. The molecular weight excluding hydrogens is 492 g/mol. The van der Waals surface area contributed by atoms with Crippen LogP contribution in [0.25, 0.3) is 0 Å². The maximum atomic E-state index is 12.5. The zero-order chi connectivity index (χ0) is 24.9. The minimum Gasteiger partial charge on any atom is -0.337 e.